The number of ether oxygens (including phenoxy) is 1. The van der Waals surface area contributed by atoms with Gasteiger partial charge in [0, 0.05) is 16.5 Å². The minimum Gasteiger partial charge on any atom is -0.465 e. The van der Waals surface area contributed by atoms with Crippen LogP contribution in [0.5, 0.6) is 0 Å². The summed E-state index contributed by atoms with van der Waals surface area (Å²) >= 11 is 0. The lowest BCUT2D eigenvalue weighted by Gasteiger charge is -2.33. The average Bonchev–Trinajstić information content (AvgIpc) is 3.27. The fourth-order valence-corrected chi connectivity index (χ4v) is 4.40. The van der Waals surface area contributed by atoms with Gasteiger partial charge in [0.2, 0.25) is 0 Å². The number of likely N-dealkylation sites (tertiary alicyclic amines) is 1. The monoisotopic (exact) mass is 394 g/mol. The number of esters is 1. The van der Waals surface area contributed by atoms with E-state index in [4.69, 9.17) is 4.74 Å². The molecule has 2 heterocycles. The first kappa shape index (κ1) is 19.3. The number of nitrogens with one attached hydrogen (secondary N) is 1. The third-order valence-electron chi connectivity index (χ3n) is 6.22. The lowest BCUT2D eigenvalue weighted by Crippen LogP contribution is -2.35. The number of nitrogens with zero attached hydrogens (tertiary/aromatic N) is 1. The van der Waals surface area contributed by atoms with Gasteiger partial charge < -0.3 is 9.72 Å². The highest BCUT2D eigenvalue weighted by Crippen LogP contribution is 2.38. The highest BCUT2D eigenvalue weighted by molar-refractivity contribution is 6.13. The van der Waals surface area contributed by atoms with Crippen molar-refractivity contribution in [3.05, 3.63) is 58.9 Å². The molecule has 0 aliphatic carbocycles. The molecule has 1 unspecified atom stereocenters. The van der Waals surface area contributed by atoms with E-state index in [9.17, 15) is 14.0 Å². The molecule has 0 radical (unpaired) electrons. The zero-order valence-corrected chi connectivity index (χ0v) is 16.7. The predicted octanol–water partition coefficient (Wildman–Crippen LogP) is 4.51. The van der Waals surface area contributed by atoms with E-state index in [1.807, 2.05) is 12.1 Å². The molecule has 5 nitrogen and oxygen atoms in total. The molecular formula is C23H23FN2O3. The second kappa shape index (κ2) is 7.12. The fraction of sp³-hybridized carbons (Fsp3) is 0.304. The molecule has 6 heteroatoms. The van der Waals surface area contributed by atoms with Gasteiger partial charge in [0.05, 0.1) is 23.9 Å². The number of rotatable bonds is 4. The van der Waals surface area contributed by atoms with Crippen LogP contribution in [0, 0.1) is 5.82 Å². The summed E-state index contributed by atoms with van der Waals surface area (Å²) in [4.78, 5) is 29.5. The van der Waals surface area contributed by atoms with Crippen molar-refractivity contribution in [2.75, 3.05) is 20.7 Å². The molecule has 0 spiro atoms. The Balaban J connectivity index is 1.84. The van der Waals surface area contributed by atoms with Crippen molar-refractivity contribution >= 4 is 23.2 Å². The van der Waals surface area contributed by atoms with Crippen LogP contribution in [0.4, 0.5) is 4.39 Å². The Bertz CT molecular complexity index is 1100. The number of hydrogen-bond donors (Lipinski definition) is 1. The van der Waals surface area contributed by atoms with Crippen molar-refractivity contribution in [1.29, 1.82) is 0 Å². The second-order valence-corrected chi connectivity index (χ2v) is 7.78. The minimum atomic E-state index is -0.685. The van der Waals surface area contributed by atoms with E-state index in [2.05, 4.69) is 36.0 Å². The van der Waals surface area contributed by atoms with Crippen molar-refractivity contribution in [2.24, 2.45) is 0 Å². The van der Waals surface area contributed by atoms with Gasteiger partial charge in [0.1, 0.15) is 5.82 Å². The summed E-state index contributed by atoms with van der Waals surface area (Å²) in [6.07, 6.45) is 2.95. The second-order valence-electron chi connectivity index (χ2n) is 7.78. The van der Waals surface area contributed by atoms with Crippen molar-refractivity contribution in [3.8, 4) is 11.3 Å². The first-order valence-corrected chi connectivity index (χ1v) is 9.60. The summed E-state index contributed by atoms with van der Waals surface area (Å²) in [5, 5.41) is 0.370. The maximum Gasteiger partial charge on any atom is 0.338 e. The molecule has 3 aromatic rings. The largest absolute Gasteiger partial charge is 0.465 e. The van der Waals surface area contributed by atoms with E-state index in [0.29, 0.717) is 28.4 Å². The van der Waals surface area contributed by atoms with Crippen LogP contribution >= 0.6 is 0 Å². The van der Waals surface area contributed by atoms with Gasteiger partial charge in [-0.1, -0.05) is 24.3 Å². The van der Waals surface area contributed by atoms with Gasteiger partial charge in [-0.2, -0.15) is 0 Å². The van der Waals surface area contributed by atoms with Crippen LogP contribution in [0.1, 0.15) is 46.0 Å². The van der Waals surface area contributed by atoms with Crippen molar-refractivity contribution in [2.45, 2.75) is 25.3 Å². The van der Waals surface area contributed by atoms with Crippen molar-refractivity contribution in [3.63, 3.8) is 0 Å². The third-order valence-corrected chi connectivity index (χ3v) is 6.22. The molecular weight excluding hydrogens is 371 g/mol. The van der Waals surface area contributed by atoms with Crippen LogP contribution in [0.3, 0.4) is 0 Å². The van der Waals surface area contributed by atoms with Gasteiger partial charge in [-0.3, -0.25) is 9.69 Å². The summed E-state index contributed by atoms with van der Waals surface area (Å²) in [6, 6.07) is 10.4. The van der Waals surface area contributed by atoms with Crippen molar-refractivity contribution < 1.29 is 18.7 Å². The number of aromatic amines is 1. The SMILES string of the molecule is COC(=O)c1cc(F)cc2[nH]c(-c3ccc(C4(C)CCCN4C)cc3)c(C=O)c12. The van der Waals surface area contributed by atoms with Gasteiger partial charge in [-0.25, -0.2) is 9.18 Å². The third kappa shape index (κ3) is 3.04. The van der Waals surface area contributed by atoms with Crippen LogP contribution < -0.4 is 0 Å². The number of aromatic nitrogens is 1. The molecule has 1 N–H and O–H groups in total. The predicted molar refractivity (Wildman–Crippen MR) is 110 cm³/mol. The summed E-state index contributed by atoms with van der Waals surface area (Å²) in [6.45, 7) is 3.30. The maximum absolute atomic E-state index is 14.0. The van der Waals surface area contributed by atoms with E-state index in [1.165, 1.54) is 18.7 Å². The number of carbonyl (C=O) groups is 2. The molecule has 0 saturated carbocycles. The smallest absolute Gasteiger partial charge is 0.338 e. The molecule has 0 bridgehead atoms. The molecule has 1 aliphatic rings. The topological polar surface area (TPSA) is 62.4 Å². The number of H-pyrrole nitrogens is 1. The van der Waals surface area contributed by atoms with Crippen LogP contribution in [0.25, 0.3) is 22.2 Å². The Labute approximate surface area is 168 Å². The first-order valence-electron chi connectivity index (χ1n) is 9.60. The molecule has 4 rings (SSSR count). The number of benzene rings is 2. The Kier molecular flexibility index (Phi) is 4.74. The van der Waals surface area contributed by atoms with Crippen LogP contribution in [-0.4, -0.2) is 42.8 Å². The molecule has 1 aromatic heterocycles. The van der Waals surface area contributed by atoms with E-state index in [-0.39, 0.29) is 11.1 Å². The number of halogens is 1. The quantitative estimate of drug-likeness (QED) is 0.522. The van der Waals surface area contributed by atoms with Gasteiger partial charge >= 0.3 is 5.97 Å². The highest BCUT2D eigenvalue weighted by Gasteiger charge is 2.35. The van der Waals surface area contributed by atoms with E-state index in [1.54, 1.807) is 0 Å². The zero-order chi connectivity index (χ0) is 20.8. The van der Waals surface area contributed by atoms with Crippen LogP contribution in [-0.2, 0) is 10.3 Å². The zero-order valence-electron chi connectivity index (χ0n) is 16.7. The summed E-state index contributed by atoms with van der Waals surface area (Å²) in [7, 11) is 3.36. The number of hydrogen-bond acceptors (Lipinski definition) is 4. The number of aldehydes is 1. The summed E-state index contributed by atoms with van der Waals surface area (Å²) < 4.78 is 18.8. The number of methoxy groups -OCH3 is 1. The van der Waals surface area contributed by atoms with Gasteiger partial charge in [0.25, 0.3) is 0 Å². The van der Waals surface area contributed by atoms with Gasteiger partial charge in [0.15, 0.2) is 6.29 Å². The van der Waals surface area contributed by atoms with E-state index in [0.717, 1.165) is 31.0 Å². The molecule has 1 aliphatic heterocycles. The molecule has 0 amide bonds. The average molecular weight is 394 g/mol. The Hall–Kier alpha value is -2.99. The molecule has 1 atom stereocenters. The number of carbonyl (C=O) groups excluding carboxylic acids is 2. The lowest BCUT2D eigenvalue weighted by atomic mass is 9.88. The van der Waals surface area contributed by atoms with E-state index < -0.39 is 11.8 Å². The van der Waals surface area contributed by atoms with Crippen LogP contribution in [0.2, 0.25) is 0 Å². The molecule has 150 valence electrons. The van der Waals surface area contributed by atoms with Crippen molar-refractivity contribution in [1.82, 2.24) is 9.88 Å². The van der Waals surface area contributed by atoms with E-state index >= 15 is 0 Å². The highest BCUT2D eigenvalue weighted by atomic mass is 19.1. The normalized spacial score (nSPS) is 19.6. The molecule has 1 fully saturated rings. The van der Waals surface area contributed by atoms with Crippen LogP contribution in [0.15, 0.2) is 36.4 Å². The fourth-order valence-electron chi connectivity index (χ4n) is 4.40. The number of fused-ring (bicyclic) bond motifs is 1. The molecule has 2 aromatic carbocycles. The summed E-state index contributed by atoms with van der Waals surface area (Å²) in [5.74, 6) is -1.26. The van der Waals surface area contributed by atoms with Gasteiger partial charge in [-0.05, 0) is 56.6 Å². The maximum atomic E-state index is 14.0. The lowest BCUT2D eigenvalue weighted by molar-refractivity contribution is 0.0602. The minimum absolute atomic E-state index is 0.00630. The standard InChI is InChI=1S/C23H23FN2O3/c1-23(9-4-10-26(23)2)15-7-5-14(6-8-15)21-18(13-27)20-17(22(28)29-3)11-16(24)12-19(20)25-21/h5-8,11-13,25H,4,9-10H2,1-3H3. The Morgan fingerprint density at radius 2 is 2.00 bits per heavy atom. The summed E-state index contributed by atoms with van der Waals surface area (Å²) in [5.41, 5.74) is 3.30. The van der Waals surface area contributed by atoms with Gasteiger partial charge in [-0.15, -0.1) is 0 Å². The Morgan fingerprint density at radius 1 is 1.28 bits per heavy atom. The first-order chi connectivity index (χ1) is 13.9. The Morgan fingerprint density at radius 3 is 2.59 bits per heavy atom. The molecule has 29 heavy (non-hydrogen) atoms. The molecule has 1 saturated heterocycles.